The quantitative estimate of drug-likeness (QED) is 0.533. The number of hydrogen-bond donors (Lipinski definition) is 1. The molecule has 2 heteroatoms. The highest BCUT2D eigenvalue weighted by Crippen LogP contribution is 2.50. The van der Waals surface area contributed by atoms with Gasteiger partial charge in [0.2, 0.25) is 0 Å². The summed E-state index contributed by atoms with van der Waals surface area (Å²) in [6.07, 6.45) is 8.46. The van der Waals surface area contributed by atoms with Crippen molar-refractivity contribution in [1.82, 2.24) is 5.32 Å². The molecule has 0 aliphatic heterocycles. The van der Waals surface area contributed by atoms with Crippen LogP contribution in [0.1, 0.15) is 43.7 Å². The molecule has 1 N–H and O–H groups in total. The van der Waals surface area contributed by atoms with Gasteiger partial charge in [0.15, 0.2) is 0 Å². The molecule has 0 aromatic heterocycles. The number of benzene rings is 2. The van der Waals surface area contributed by atoms with Crippen molar-refractivity contribution in [2.24, 2.45) is 0 Å². The summed E-state index contributed by atoms with van der Waals surface area (Å²) in [6.45, 7) is 4.11. The van der Waals surface area contributed by atoms with Crippen molar-refractivity contribution < 1.29 is 0 Å². The van der Waals surface area contributed by atoms with Crippen LogP contribution in [-0.2, 0) is 5.41 Å². The summed E-state index contributed by atoms with van der Waals surface area (Å²) < 4.78 is 0. The van der Waals surface area contributed by atoms with Gasteiger partial charge < -0.3 is 5.32 Å². The van der Waals surface area contributed by atoms with E-state index in [-0.39, 0.29) is 0 Å². The summed E-state index contributed by atoms with van der Waals surface area (Å²) >= 11 is 0. The molecule has 0 spiro atoms. The van der Waals surface area contributed by atoms with Crippen molar-refractivity contribution in [3.63, 3.8) is 0 Å². The molecule has 0 atom stereocenters. The largest absolute Gasteiger partial charge is 0.316 e. The molecule has 0 saturated carbocycles. The van der Waals surface area contributed by atoms with E-state index in [0.717, 1.165) is 38.8 Å². The first kappa shape index (κ1) is 17.5. The highest BCUT2D eigenvalue weighted by molar-refractivity contribution is 5.82. The van der Waals surface area contributed by atoms with Crippen LogP contribution in [0, 0.1) is 11.3 Å². The molecular weight excluding hydrogens is 304 g/mol. The van der Waals surface area contributed by atoms with Gasteiger partial charge >= 0.3 is 0 Å². The Hall–Kier alpha value is -2.37. The van der Waals surface area contributed by atoms with Crippen LogP contribution in [0.5, 0.6) is 0 Å². The Labute approximate surface area is 151 Å². The molecule has 2 aromatic carbocycles. The van der Waals surface area contributed by atoms with Crippen molar-refractivity contribution in [3.05, 3.63) is 71.8 Å². The van der Waals surface area contributed by atoms with E-state index in [1.54, 1.807) is 0 Å². The van der Waals surface area contributed by atoms with Gasteiger partial charge in [-0.15, -0.1) is 0 Å². The number of nitrogens with one attached hydrogen (secondary N) is 1. The third-order valence-electron chi connectivity index (χ3n) is 5.05. The number of nitriles is 1. The van der Waals surface area contributed by atoms with E-state index in [4.69, 9.17) is 0 Å². The number of allylic oxidation sites excluding steroid dienone is 1. The lowest BCUT2D eigenvalue weighted by Gasteiger charge is -2.24. The maximum atomic E-state index is 10.1. The Morgan fingerprint density at radius 2 is 1.60 bits per heavy atom. The van der Waals surface area contributed by atoms with E-state index in [1.807, 2.05) is 0 Å². The van der Waals surface area contributed by atoms with Crippen molar-refractivity contribution in [1.29, 1.82) is 5.26 Å². The maximum Gasteiger partial charge on any atom is 0.108 e. The zero-order valence-corrected chi connectivity index (χ0v) is 15.0. The summed E-state index contributed by atoms with van der Waals surface area (Å²) in [5.41, 5.74) is 4.28. The van der Waals surface area contributed by atoms with Gasteiger partial charge in [0.05, 0.1) is 6.07 Å². The van der Waals surface area contributed by atoms with E-state index in [1.165, 1.54) is 22.3 Å². The molecule has 128 valence electrons. The SMILES string of the molecule is CCC=CCCNCCCC1(C#N)c2ccccc2-c2ccccc21. The lowest BCUT2D eigenvalue weighted by atomic mass is 9.76. The van der Waals surface area contributed by atoms with Crippen molar-refractivity contribution in [3.8, 4) is 17.2 Å². The van der Waals surface area contributed by atoms with E-state index in [9.17, 15) is 5.26 Å². The Morgan fingerprint density at radius 1 is 0.960 bits per heavy atom. The predicted octanol–water partition coefficient (Wildman–Crippen LogP) is 5.20. The second-order valence-electron chi connectivity index (χ2n) is 6.63. The minimum absolute atomic E-state index is 0.503. The molecule has 0 fully saturated rings. The van der Waals surface area contributed by atoms with Crippen LogP contribution >= 0.6 is 0 Å². The fourth-order valence-electron chi connectivity index (χ4n) is 3.84. The molecule has 3 rings (SSSR count). The molecule has 0 heterocycles. The minimum Gasteiger partial charge on any atom is -0.316 e. The summed E-state index contributed by atoms with van der Waals surface area (Å²) in [7, 11) is 0. The molecule has 1 aliphatic carbocycles. The second-order valence-corrected chi connectivity index (χ2v) is 6.63. The Kier molecular flexibility index (Phi) is 5.68. The molecule has 0 radical (unpaired) electrons. The third-order valence-corrected chi connectivity index (χ3v) is 5.05. The van der Waals surface area contributed by atoms with Crippen molar-refractivity contribution >= 4 is 0 Å². The van der Waals surface area contributed by atoms with Gasteiger partial charge in [-0.3, -0.25) is 0 Å². The molecular formula is C23H26N2. The summed E-state index contributed by atoms with van der Waals surface area (Å²) in [6, 6.07) is 19.4. The lowest BCUT2D eigenvalue weighted by molar-refractivity contribution is 0.542. The topological polar surface area (TPSA) is 35.8 Å². The van der Waals surface area contributed by atoms with Gasteiger partial charge in [0, 0.05) is 0 Å². The van der Waals surface area contributed by atoms with Gasteiger partial charge in [-0.25, -0.2) is 0 Å². The van der Waals surface area contributed by atoms with Crippen LogP contribution in [0.2, 0.25) is 0 Å². The maximum absolute atomic E-state index is 10.1. The van der Waals surface area contributed by atoms with Gasteiger partial charge in [-0.2, -0.15) is 5.26 Å². The number of rotatable bonds is 8. The predicted molar refractivity (Wildman–Crippen MR) is 104 cm³/mol. The van der Waals surface area contributed by atoms with E-state index in [0.29, 0.717) is 0 Å². The van der Waals surface area contributed by atoms with Crippen LogP contribution in [0.3, 0.4) is 0 Å². The number of hydrogen-bond acceptors (Lipinski definition) is 2. The summed E-state index contributed by atoms with van der Waals surface area (Å²) in [4.78, 5) is 0. The monoisotopic (exact) mass is 330 g/mol. The first-order chi connectivity index (χ1) is 12.3. The van der Waals surface area contributed by atoms with E-state index >= 15 is 0 Å². The van der Waals surface area contributed by atoms with Crippen LogP contribution in [-0.4, -0.2) is 13.1 Å². The Balaban J connectivity index is 1.71. The Bertz CT molecular complexity index is 737. The molecule has 2 nitrogen and oxygen atoms in total. The summed E-state index contributed by atoms with van der Waals surface area (Å²) in [5.74, 6) is 0. The summed E-state index contributed by atoms with van der Waals surface area (Å²) in [5, 5.41) is 13.6. The van der Waals surface area contributed by atoms with Crippen molar-refractivity contribution in [2.45, 2.75) is 38.0 Å². The fraction of sp³-hybridized carbons (Fsp3) is 0.348. The van der Waals surface area contributed by atoms with Gasteiger partial charge in [-0.1, -0.05) is 67.6 Å². The third kappa shape index (κ3) is 3.38. The molecule has 0 amide bonds. The van der Waals surface area contributed by atoms with Gasteiger partial charge in [0.1, 0.15) is 5.41 Å². The molecule has 0 saturated heterocycles. The first-order valence-electron chi connectivity index (χ1n) is 9.30. The fourth-order valence-corrected chi connectivity index (χ4v) is 3.84. The molecule has 0 bridgehead atoms. The van der Waals surface area contributed by atoms with E-state index < -0.39 is 5.41 Å². The standard InChI is InChI=1S/C23H26N2/c1-2-3-4-9-16-25-17-10-15-23(18-24)21-13-7-5-11-19(21)20-12-6-8-14-22(20)23/h3-8,11-14,25H,2,9-10,15-17H2,1H3. The zero-order chi connectivity index (χ0) is 17.5. The smallest absolute Gasteiger partial charge is 0.108 e. The zero-order valence-electron chi connectivity index (χ0n) is 15.0. The number of nitrogens with zero attached hydrogens (tertiary/aromatic N) is 1. The highest BCUT2D eigenvalue weighted by Gasteiger charge is 2.42. The van der Waals surface area contributed by atoms with Gasteiger partial charge in [0.25, 0.3) is 0 Å². The van der Waals surface area contributed by atoms with Gasteiger partial charge in [-0.05, 0) is 61.0 Å². The average Bonchev–Trinajstić information content (AvgIpc) is 2.95. The molecule has 2 aromatic rings. The average molecular weight is 330 g/mol. The highest BCUT2D eigenvalue weighted by atomic mass is 14.8. The lowest BCUT2D eigenvalue weighted by Crippen LogP contribution is -2.25. The first-order valence-corrected chi connectivity index (χ1v) is 9.30. The normalized spacial score (nSPS) is 14.2. The Morgan fingerprint density at radius 3 is 2.20 bits per heavy atom. The van der Waals surface area contributed by atoms with Crippen LogP contribution in [0.15, 0.2) is 60.7 Å². The molecule has 25 heavy (non-hydrogen) atoms. The van der Waals surface area contributed by atoms with Crippen LogP contribution in [0.25, 0.3) is 11.1 Å². The second kappa shape index (κ2) is 8.14. The van der Waals surface area contributed by atoms with Crippen molar-refractivity contribution in [2.75, 3.05) is 13.1 Å². The molecule has 1 aliphatic rings. The number of fused-ring (bicyclic) bond motifs is 3. The van der Waals surface area contributed by atoms with E-state index in [2.05, 4.69) is 79.0 Å². The molecule has 0 unspecified atom stereocenters. The van der Waals surface area contributed by atoms with Crippen LogP contribution in [0.4, 0.5) is 0 Å². The minimum atomic E-state index is -0.503. The van der Waals surface area contributed by atoms with Crippen LogP contribution < -0.4 is 5.32 Å².